The van der Waals surface area contributed by atoms with Crippen LogP contribution in [0.3, 0.4) is 0 Å². The van der Waals surface area contributed by atoms with Gasteiger partial charge in [-0.1, -0.05) is 24.3 Å². The van der Waals surface area contributed by atoms with Crippen LogP contribution in [0.25, 0.3) is 5.76 Å². The Hall–Kier alpha value is -1.64. The molecule has 3 heteroatoms. The van der Waals surface area contributed by atoms with Gasteiger partial charge in [-0.2, -0.15) is 0 Å². The van der Waals surface area contributed by atoms with Crippen molar-refractivity contribution in [1.29, 1.82) is 0 Å². The molecule has 2 rings (SSSR count). The highest BCUT2D eigenvalue weighted by Gasteiger charge is 2.15. The van der Waals surface area contributed by atoms with Crippen molar-refractivity contribution in [2.45, 2.75) is 0 Å². The van der Waals surface area contributed by atoms with Gasteiger partial charge in [0.2, 0.25) is 5.76 Å². The Balaban J connectivity index is 2.31. The molecule has 52 valence electrons. The second-order valence-electron chi connectivity index (χ2n) is 2.07. The normalized spacial score (nSPS) is 14.4. The first-order valence-electron chi connectivity index (χ1n) is 3.20. The van der Waals surface area contributed by atoms with Crippen molar-refractivity contribution < 1.29 is 4.84 Å². The molecule has 2 radical (unpaired) electrons. The van der Waals surface area contributed by atoms with Gasteiger partial charge in [0.05, 0.1) is 0 Å². The van der Waals surface area contributed by atoms with Crippen molar-refractivity contribution in [3.05, 3.63) is 42.1 Å². The maximum atomic E-state index is 4.84. The molecule has 1 aromatic rings. The molecule has 0 saturated carbocycles. The molecule has 0 unspecified atom stereocenters. The van der Waals surface area contributed by atoms with Gasteiger partial charge in [-0.25, -0.2) is 0 Å². The van der Waals surface area contributed by atoms with Gasteiger partial charge in [-0.15, -0.1) is 4.84 Å². The Morgan fingerprint density at radius 2 is 2.18 bits per heavy atom. The van der Waals surface area contributed by atoms with Crippen LogP contribution in [0.15, 0.2) is 35.6 Å². The molecule has 1 aliphatic rings. The second-order valence-corrected chi connectivity index (χ2v) is 2.07. The lowest BCUT2D eigenvalue weighted by Crippen LogP contribution is -1.85. The highest BCUT2D eigenvalue weighted by molar-refractivity contribution is 5.59. The highest BCUT2D eigenvalue weighted by atomic mass is 16.7. The molecule has 1 aliphatic heterocycles. The summed E-state index contributed by atoms with van der Waals surface area (Å²) in [5.41, 5.74) is 0.966. The maximum absolute atomic E-state index is 4.84. The van der Waals surface area contributed by atoms with Gasteiger partial charge in [0, 0.05) is 5.56 Å². The fourth-order valence-electron chi connectivity index (χ4n) is 0.846. The van der Waals surface area contributed by atoms with Gasteiger partial charge >= 0.3 is 5.28 Å². The molecule has 0 atom stereocenters. The van der Waals surface area contributed by atoms with E-state index >= 15 is 0 Å². The zero-order valence-corrected chi connectivity index (χ0v) is 5.69. The zero-order chi connectivity index (χ0) is 7.52. The fraction of sp³-hybridized carbons (Fsp3) is 0. The van der Waals surface area contributed by atoms with Gasteiger partial charge in [0.25, 0.3) is 0 Å². The monoisotopic (exact) mass is 145 g/mol. The molecule has 0 N–H and O–H groups in total. The summed E-state index contributed by atoms with van der Waals surface area (Å²) in [4.78, 5) is 4.84. The second kappa shape index (κ2) is 2.54. The van der Waals surface area contributed by atoms with Crippen molar-refractivity contribution in [2.75, 3.05) is 0 Å². The minimum absolute atomic E-state index is 0.680. The number of hydrogen-bond donors (Lipinski definition) is 0. The Labute approximate surface area is 64.0 Å². The van der Waals surface area contributed by atoms with Crippen molar-refractivity contribution in [2.24, 2.45) is 5.11 Å². The van der Waals surface area contributed by atoms with Crippen LogP contribution in [0.5, 0.6) is 0 Å². The Bertz CT molecular complexity index is 303. The van der Waals surface area contributed by atoms with Crippen LogP contribution in [0, 0.1) is 6.07 Å². The quantitative estimate of drug-likeness (QED) is 0.590. The van der Waals surface area contributed by atoms with Gasteiger partial charge in [0.1, 0.15) is 5.11 Å². The Kier molecular flexibility index (Phi) is 1.41. The van der Waals surface area contributed by atoms with Crippen LogP contribution in [0.1, 0.15) is 5.56 Å². The lowest BCUT2D eigenvalue weighted by atomic mass is 10.2. The molecule has 0 bridgehead atoms. The molecule has 0 fully saturated rings. The predicted octanol–water partition coefficient (Wildman–Crippen LogP) is 1.52. The van der Waals surface area contributed by atoms with Crippen LogP contribution in [-0.4, -0.2) is 0 Å². The summed E-state index contributed by atoms with van der Waals surface area (Å²) in [5, 5.41) is 6.94. The molecule has 3 nitrogen and oxygen atoms in total. The number of rotatable bonds is 1. The summed E-state index contributed by atoms with van der Waals surface area (Å²) >= 11 is 0. The van der Waals surface area contributed by atoms with E-state index in [1.165, 1.54) is 0 Å². The first-order valence-corrected chi connectivity index (χ1v) is 3.20. The molecular formula is C8H5N2O+. The van der Waals surface area contributed by atoms with Crippen LogP contribution >= 0.6 is 0 Å². The van der Waals surface area contributed by atoms with Crippen LogP contribution in [0.4, 0.5) is 0 Å². The first kappa shape index (κ1) is 6.09. The topological polar surface area (TPSA) is 35.7 Å². The summed E-state index contributed by atoms with van der Waals surface area (Å²) in [6.45, 7) is 0. The van der Waals surface area contributed by atoms with Crippen molar-refractivity contribution >= 4 is 5.76 Å². The van der Waals surface area contributed by atoms with E-state index in [-0.39, 0.29) is 0 Å². The zero-order valence-electron chi connectivity index (χ0n) is 5.69. The van der Waals surface area contributed by atoms with Crippen molar-refractivity contribution in [3.63, 3.8) is 0 Å². The Morgan fingerprint density at radius 1 is 1.36 bits per heavy atom. The lowest BCUT2D eigenvalue weighted by molar-refractivity contribution is 0.223. The van der Waals surface area contributed by atoms with E-state index in [0.29, 0.717) is 5.76 Å². The largest absolute Gasteiger partial charge is 0.467 e. The van der Waals surface area contributed by atoms with Crippen molar-refractivity contribution in [1.82, 2.24) is 5.28 Å². The smallest absolute Gasteiger partial charge is 0.142 e. The van der Waals surface area contributed by atoms with E-state index in [0.717, 1.165) is 5.56 Å². The molecule has 0 amide bonds. The van der Waals surface area contributed by atoms with Crippen LogP contribution in [0.2, 0.25) is 0 Å². The van der Waals surface area contributed by atoms with Crippen LogP contribution < -0.4 is 5.28 Å². The van der Waals surface area contributed by atoms with E-state index < -0.39 is 0 Å². The third-order valence-electron chi connectivity index (χ3n) is 1.36. The molecular weight excluding hydrogens is 140 g/mol. The van der Waals surface area contributed by atoms with Crippen LogP contribution in [-0.2, 0) is 4.84 Å². The third kappa shape index (κ3) is 1.12. The van der Waals surface area contributed by atoms with E-state index in [1.807, 2.05) is 24.3 Å². The molecule has 1 heterocycles. The number of benzene rings is 1. The van der Waals surface area contributed by atoms with Gasteiger partial charge in [-0.3, -0.25) is 0 Å². The van der Waals surface area contributed by atoms with Gasteiger partial charge in [-0.05, 0) is 6.07 Å². The number of hydrogen-bond acceptors (Lipinski definition) is 3. The Morgan fingerprint density at radius 3 is 2.82 bits per heavy atom. The summed E-state index contributed by atoms with van der Waals surface area (Å²) in [6, 6.07) is 10.3. The summed E-state index contributed by atoms with van der Waals surface area (Å²) < 4.78 is 0. The van der Waals surface area contributed by atoms with Gasteiger partial charge in [0.15, 0.2) is 6.20 Å². The third-order valence-corrected chi connectivity index (χ3v) is 1.36. The van der Waals surface area contributed by atoms with Crippen molar-refractivity contribution in [3.8, 4) is 0 Å². The molecule has 0 saturated heterocycles. The lowest BCUT2D eigenvalue weighted by Gasteiger charge is -1.90. The standard InChI is InChI=1S/C8H5N2O/c1-2-4-7(5-3-1)8-6-9-10-11-8/h2-6H/q+1. The highest BCUT2D eigenvalue weighted by Crippen LogP contribution is 2.16. The fourth-order valence-corrected chi connectivity index (χ4v) is 0.846. The van der Waals surface area contributed by atoms with E-state index in [4.69, 9.17) is 4.84 Å². The first-order chi connectivity index (χ1) is 5.47. The molecule has 0 spiro atoms. The maximum Gasteiger partial charge on any atom is 0.467 e. The average molecular weight is 145 g/mol. The molecule has 0 aromatic heterocycles. The summed E-state index contributed by atoms with van der Waals surface area (Å²) in [6.07, 6.45) is 1.58. The SMILES string of the molecule is [c]1ccc(C2=CN=[N+]O2)cc1. The predicted molar refractivity (Wildman–Crippen MR) is 38.9 cm³/mol. The molecule has 1 aromatic carbocycles. The van der Waals surface area contributed by atoms with Gasteiger partial charge < -0.3 is 0 Å². The molecule has 0 aliphatic carbocycles. The number of nitrogens with zero attached hydrogens (tertiary/aromatic N) is 2. The minimum Gasteiger partial charge on any atom is -0.142 e. The minimum atomic E-state index is 0.680. The summed E-state index contributed by atoms with van der Waals surface area (Å²) in [7, 11) is 0. The van der Waals surface area contributed by atoms with E-state index in [2.05, 4.69) is 16.5 Å². The average Bonchev–Trinajstić information content (AvgIpc) is 2.58. The molecule has 11 heavy (non-hydrogen) atoms. The summed E-state index contributed by atoms with van der Waals surface area (Å²) in [5.74, 6) is 0.680. The van der Waals surface area contributed by atoms with E-state index in [9.17, 15) is 0 Å². The van der Waals surface area contributed by atoms with E-state index in [1.54, 1.807) is 6.20 Å².